The molecule has 1 aliphatic heterocycles. The molecule has 3 rings (SSSR count). The van der Waals surface area contributed by atoms with Gasteiger partial charge in [0.05, 0.1) is 16.7 Å². The molecule has 2 heterocycles. The summed E-state index contributed by atoms with van der Waals surface area (Å²) in [7, 11) is 0. The number of nitrogens with one attached hydrogen (secondary N) is 1. The molecule has 1 amide bonds. The van der Waals surface area contributed by atoms with E-state index in [0.717, 1.165) is 23.5 Å². The van der Waals surface area contributed by atoms with Gasteiger partial charge in [-0.25, -0.2) is 4.98 Å². The topological polar surface area (TPSA) is 59.1 Å². The molecule has 2 aliphatic rings. The van der Waals surface area contributed by atoms with E-state index in [2.05, 4.69) is 49.5 Å². The van der Waals surface area contributed by atoms with E-state index in [9.17, 15) is 9.59 Å². The molecule has 0 spiro atoms. The number of carbonyl (C=O) groups is 2. The second kappa shape index (κ2) is 10.4. The molecule has 5 atom stereocenters. The smallest absolute Gasteiger partial charge is 0.220 e. The fourth-order valence-electron chi connectivity index (χ4n) is 5.77. The molecule has 1 aromatic heterocycles. The minimum atomic E-state index is -0.471. The molecular weight excluding hydrogens is 428 g/mol. The first kappa shape index (κ1) is 26.1. The van der Waals surface area contributed by atoms with Gasteiger partial charge in [0, 0.05) is 23.1 Å². The molecule has 1 aliphatic carbocycles. The minimum Gasteiger partial charge on any atom is -0.350 e. The highest BCUT2D eigenvalue weighted by Gasteiger charge is 2.49. The number of rotatable bonds is 2. The molecule has 4 nitrogen and oxygen atoms in total. The summed E-state index contributed by atoms with van der Waals surface area (Å²) >= 11 is 1.65. The van der Waals surface area contributed by atoms with Gasteiger partial charge in [-0.15, -0.1) is 11.3 Å². The highest BCUT2D eigenvalue weighted by Crippen LogP contribution is 2.58. The van der Waals surface area contributed by atoms with Crippen LogP contribution in [-0.4, -0.2) is 22.7 Å². The lowest BCUT2D eigenvalue weighted by atomic mass is 9.75. The van der Waals surface area contributed by atoms with Gasteiger partial charge < -0.3 is 5.32 Å². The maximum Gasteiger partial charge on any atom is 0.220 e. The van der Waals surface area contributed by atoms with Crippen LogP contribution in [0.5, 0.6) is 0 Å². The minimum absolute atomic E-state index is 0.0240. The van der Waals surface area contributed by atoms with Crippen molar-refractivity contribution < 1.29 is 9.59 Å². The van der Waals surface area contributed by atoms with Gasteiger partial charge in [0.2, 0.25) is 5.91 Å². The number of aryl methyl sites for hydroxylation is 1. The number of Topliss-reactive ketones (excluding diaryl/α,β-unsaturated/α-hetero) is 1. The van der Waals surface area contributed by atoms with Crippen molar-refractivity contribution in [2.75, 3.05) is 0 Å². The van der Waals surface area contributed by atoms with Crippen LogP contribution in [0.3, 0.4) is 0 Å². The summed E-state index contributed by atoms with van der Waals surface area (Å²) in [5, 5.41) is 6.46. The van der Waals surface area contributed by atoms with Gasteiger partial charge >= 0.3 is 0 Å². The monoisotopic (exact) mass is 472 g/mol. The number of hydrogen-bond donors (Lipinski definition) is 1. The van der Waals surface area contributed by atoms with Gasteiger partial charge in [-0.1, -0.05) is 47.5 Å². The predicted molar refractivity (Wildman–Crippen MR) is 138 cm³/mol. The number of fused-ring (bicyclic) bond motifs is 1. The van der Waals surface area contributed by atoms with Crippen molar-refractivity contribution in [1.29, 1.82) is 0 Å². The van der Waals surface area contributed by atoms with Gasteiger partial charge in [0.1, 0.15) is 5.78 Å². The first-order valence-electron chi connectivity index (χ1n) is 12.8. The Morgan fingerprint density at radius 2 is 1.91 bits per heavy atom. The van der Waals surface area contributed by atoms with Crippen molar-refractivity contribution in [3.05, 3.63) is 21.7 Å². The summed E-state index contributed by atoms with van der Waals surface area (Å²) in [5.74, 6) is 1.63. The van der Waals surface area contributed by atoms with Gasteiger partial charge in [0.25, 0.3) is 0 Å². The number of nitrogens with zero attached hydrogens (tertiary/aromatic N) is 1. The standard InChI is InChI=1S/C28H44N2O2S/c1-18-9-8-11-28(7)16-22(28)15-24(19(2)14-23-17-33-21(4)29-23)30-25(31)10-12-27(5,6)26(32)20(3)13-18/h14,17-18,20,22,24H,8-13,15-16H2,1-7H3,(H,30,31). The van der Waals surface area contributed by atoms with Crippen molar-refractivity contribution in [3.8, 4) is 0 Å². The number of hydrogen-bond acceptors (Lipinski definition) is 4. The maximum absolute atomic E-state index is 13.2. The van der Waals surface area contributed by atoms with Crippen molar-refractivity contribution in [2.45, 2.75) is 106 Å². The van der Waals surface area contributed by atoms with Gasteiger partial charge in [-0.2, -0.15) is 0 Å². The Labute approximate surface area is 205 Å². The van der Waals surface area contributed by atoms with E-state index >= 15 is 0 Å². The van der Waals surface area contributed by atoms with Crippen LogP contribution in [0.2, 0.25) is 0 Å². The fraction of sp³-hybridized carbons (Fsp3) is 0.750. The summed E-state index contributed by atoms with van der Waals surface area (Å²) in [6.07, 6.45) is 9.97. The van der Waals surface area contributed by atoms with Gasteiger partial charge in [-0.05, 0) is 74.9 Å². The van der Waals surface area contributed by atoms with Crippen molar-refractivity contribution in [2.24, 2.45) is 28.6 Å². The maximum atomic E-state index is 13.2. The van der Waals surface area contributed by atoms with E-state index < -0.39 is 5.41 Å². The number of thiazole rings is 1. The van der Waals surface area contributed by atoms with Crippen LogP contribution >= 0.6 is 11.3 Å². The van der Waals surface area contributed by atoms with Crippen LogP contribution in [-0.2, 0) is 9.59 Å². The zero-order valence-electron chi connectivity index (χ0n) is 21.8. The van der Waals surface area contributed by atoms with Crippen LogP contribution in [0, 0.1) is 35.5 Å². The molecular formula is C28H44N2O2S. The molecule has 184 valence electrons. The summed E-state index contributed by atoms with van der Waals surface area (Å²) in [4.78, 5) is 30.8. The lowest BCUT2D eigenvalue weighted by Crippen LogP contribution is -2.38. The predicted octanol–water partition coefficient (Wildman–Crippen LogP) is 6.98. The molecule has 1 aromatic rings. The fourth-order valence-corrected chi connectivity index (χ4v) is 6.34. The van der Waals surface area contributed by atoms with Crippen LogP contribution < -0.4 is 5.32 Å². The van der Waals surface area contributed by atoms with E-state index in [0.29, 0.717) is 35.9 Å². The first-order chi connectivity index (χ1) is 15.4. The normalized spacial score (nSPS) is 34.5. The second-order valence-electron chi connectivity index (χ2n) is 12.0. The van der Waals surface area contributed by atoms with Crippen LogP contribution in [0.15, 0.2) is 11.0 Å². The summed E-state index contributed by atoms with van der Waals surface area (Å²) in [6.45, 7) is 14.9. The second-order valence-corrected chi connectivity index (χ2v) is 13.0. The Morgan fingerprint density at radius 1 is 1.18 bits per heavy atom. The molecule has 1 N–H and O–H groups in total. The Morgan fingerprint density at radius 3 is 2.58 bits per heavy atom. The van der Waals surface area contributed by atoms with E-state index in [4.69, 9.17) is 0 Å². The van der Waals surface area contributed by atoms with E-state index in [1.54, 1.807) is 11.3 Å². The SMILES string of the molecule is CC(=Cc1csc(C)n1)C1CC2CC2(C)CCCC(C)CC(C)C(=O)C(C)(C)CCC(=O)N1. The Balaban J connectivity index is 1.79. The molecule has 5 heteroatoms. The lowest BCUT2D eigenvalue weighted by molar-refractivity contribution is -0.132. The van der Waals surface area contributed by atoms with E-state index in [1.165, 1.54) is 31.3 Å². The summed E-state index contributed by atoms with van der Waals surface area (Å²) in [6, 6.07) is 0.0240. The average molecular weight is 473 g/mol. The summed E-state index contributed by atoms with van der Waals surface area (Å²) in [5.41, 5.74) is 2.06. The molecule has 2 fully saturated rings. The molecule has 0 radical (unpaired) electrons. The number of aromatic nitrogens is 1. The number of amides is 1. The third kappa shape index (κ3) is 7.00. The van der Waals surface area contributed by atoms with Gasteiger partial charge in [0.15, 0.2) is 0 Å². The van der Waals surface area contributed by atoms with Crippen molar-refractivity contribution in [1.82, 2.24) is 10.3 Å². The first-order valence-corrected chi connectivity index (χ1v) is 13.7. The number of carbonyl (C=O) groups excluding carboxylic acids is 2. The molecule has 1 saturated carbocycles. The lowest BCUT2D eigenvalue weighted by Gasteiger charge is -2.29. The molecule has 0 aromatic carbocycles. The third-order valence-electron chi connectivity index (χ3n) is 8.25. The quantitative estimate of drug-likeness (QED) is 0.505. The Hall–Kier alpha value is -1.49. The number of ketones is 1. The van der Waals surface area contributed by atoms with Gasteiger partial charge in [-0.3, -0.25) is 9.59 Å². The van der Waals surface area contributed by atoms with E-state index in [-0.39, 0.29) is 17.9 Å². The molecule has 33 heavy (non-hydrogen) atoms. The zero-order chi connectivity index (χ0) is 24.4. The van der Waals surface area contributed by atoms with Crippen LogP contribution in [0.4, 0.5) is 0 Å². The molecule has 5 unspecified atom stereocenters. The average Bonchev–Trinajstić information content (AvgIpc) is 3.17. The zero-order valence-corrected chi connectivity index (χ0v) is 22.6. The third-order valence-corrected chi connectivity index (χ3v) is 9.04. The largest absolute Gasteiger partial charge is 0.350 e. The highest BCUT2D eigenvalue weighted by atomic mass is 32.1. The van der Waals surface area contributed by atoms with Crippen molar-refractivity contribution in [3.63, 3.8) is 0 Å². The Bertz CT molecular complexity index is 886. The highest BCUT2D eigenvalue weighted by molar-refractivity contribution is 7.09. The molecule has 1 saturated heterocycles. The van der Waals surface area contributed by atoms with Crippen LogP contribution in [0.25, 0.3) is 6.08 Å². The van der Waals surface area contributed by atoms with Crippen molar-refractivity contribution >= 4 is 29.1 Å². The molecule has 0 bridgehead atoms. The van der Waals surface area contributed by atoms with E-state index in [1.807, 2.05) is 20.8 Å². The Kier molecular flexibility index (Phi) is 8.24. The summed E-state index contributed by atoms with van der Waals surface area (Å²) < 4.78 is 0. The van der Waals surface area contributed by atoms with Crippen LogP contribution in [0.1, 0.15) is 104 Å².